The molecule has 0 saturated heterocycles. The molecule has 3 aromatic rings. The SMILES string of the molecule is CCOc1ccc(CCNC(=O)c2cc3n(n2)CC(C)(C(=O)NCc2ccc(F)cc2)N(C)C3=O)cc1. The lowest BCUT2D eigenvalue weighted by atomic mass is 9.96. The van der Waals surface area contributed by atoms with E-state index in [4.69, 9.17) is 4.74 Å². The van der Waals surface area contributed by atoms with Crippen molar-refractivity contribution in [1.82, 2.24) is 25.3 Å². The molecule has 0 radical (unpaired) electrons. The van der Waals surface area contributed by atoms with Crippen molar-refractivity contribution < 1.29 is 23.5 Å². The number of aromatic nitrogens is 2. The summed E-state index contributed by atoms with van der Waals surface area (Å²) in [5, 5.41) is 9.96. The Balaban J connectivity index is 1.38. The molecule has 0 fully saturated rings. The van der Waals surface area contributed by atoms with Gasteiger partial charge >= 0.3 is 0 Å². The molecule has 2 aromatic carbocycles. The highest BCUT2D eigenvalue weighted by molar-refractivity contribution is 6.01. The minimum atomic E-state index is -1.22. The first-order valence-electron chi connectivity index (χ1n) is 12.1. The van der Waals surface area contributed by atoms with Crippen LogP contribution < -0.4 is 15.4 Å². The van der Waals surface area contributed by atoms with Gasteiger partial charge in [-0.05, 0) is 55.7 Å². The zero-order valence-electron chi connectivity index (χ0n) is 21.1. The maximum absolute atomic E-state index is 13.1. The van der Waals surface area contributed by atoms with E-state index in [0.29, 0.717) is 19.6 Å². The summed E-state index contributed by atoms with van der Waals surface area (Å²) < 4.78 is 20.0. The first-order chi connectivity index (χ1) is 17.7. The Bertz CT molecular complexity index is 1290. The Kier molecular flexibility index (Phi) is 7.56. The van der Waals surface area contributed by atoms with Crippen molar-refractivity contribution in [3.8, 4) is 5.75 Å². The van der Waals surface area contributed by atoms with Gasteiger partial charge in [0.2, 0.25) is 5.91 Å². The quantitative estimate of drug-likeness (QED) is 0.463. The molecule has 1 atom stereocenters. The zero-order valence-corrected chi connectivity index (χ0v) is 21.1. The highest BCUT2D eigenvalue weighted by atomic mass is 19.1. The molecule has 1 aliphatic heterocycles. The van der Waals surface area contributed by atoms with Gasteiger partial charge in [-0.1, -0.05) is 24.3 Å². The van der Waals surface area contributed by atoms with Crippen LogP contribution in [0.25, 0.3) is 0 Å². The Labute approximate surface area is 214 Å². The van der Waals surface area contributed by atoms with Crippen LogP contribution in [0.2, 0.25) is 0 Å². The number of rotatable bonds is 9. The molecule has 0 bridgehead atoms. The van der Waals surface area contributed by atoms with Crippen molar-refractivity contribution in [3.05, 3.63) is 82.9 Å². The molecule has 194 valence electrons. The van der Waals surface area contributed by atoms with Crippen molar-refractivity contribution in [1.29, 1.82) is 0 Å². The second kappa shape index (κ2) is 10.8. The summed E-state index contributed by atoms with van der Waals surface area (Å²) >= 11 is 0. The van der Waals surface area contributed by atoms with Crippen LogP contribution in [0.15, 0.2) is 54.6 Å². The number of carbonyl (C=O) groups excluding carboxylic acids is 3. The van der Waals surface area contributed by atoms with Gasteiger partial charge in [0.05, 0.1) is 13.2 Å². The van der Waals surface area contributed by atoms with Gasteiger partial charge in [-0.2, -0.15) is 5.10 Å². The van der Waals surface area contributed by atoms with E-state index in [1.807, 2.05) is 31.2 Å². The molecule has 10 heteroatoms. The monoisotopic (exact) mass is 507 g/mol. The lowest BCUT2D eigenvalue weighted by Crippen LogP contribution is -2.62. The van der Waals surface area contributed by atoms with Crippen molar-refractivity contribution in [2.24, 2.45) is 0 Å². The third-order valence-electron chi connectivity index (χ3n) is 6.52. The number of hydrogen-bond acceptors (Lipinski definition) is 5. The van der Waals surface area contributed by atoms with E-state index < -0.39 is 17.4 Å². The van der Waals surface area contributed by atoms with Gasteiger partial charge in [0.1, 0.15) is 22.8 Å². The molecule has 0 aliphatic carbocycles. The van der Waals surface area contributed by atoms with Crippen LogP contribution in [0.1, 0.15) is 46.0 Å². The summed E-state index contributed by atoms with van der Waals surface area (Å²) in [7, 11) is 1.55. The molecule has 0 spiro atoms. The van der Waals surface area contributed by atoms with Crippen LogP contribution in [0.3, 0.4) is 0 Å². The summed E-state index contributed by atoms with van der Waals surface area (Å²) in [6.07, 6.45) is 0.625. The van der Waals surface area contributed by atoms with E-state index in [2.05, 4.69) is 15.7 Å². The van der Waals surface area contributed by atoms with Gasteiger partial charge in [0.15, 0.2) is 5.69 Å². The van der Waals surface area contributed by atoms with Crippen molar-refractivity contribution in [2.75, 3.05) is 20.2 Å². The number of ether oxygens (including phenoxy) is 1. The Morgan fingerprint density at radius 1 is 1.08 bits per heavy atom. The maximum Gasteiger partial charge on any atom is 0.272 e. The smallest absolute Gasteiger partial charge is 0.272 e. The van der Waals surface area contributed by atoms with Gasteiger partial charge in [-0.3, -0.25) is 19.1 Å². The predicted molar refractivity (Wildman–Crippen MR) is 135 cm³/mol. The highest BCUT2D eigenvalue weighted by Crippen LogP contribution is 2.26. The second-order valence-corrected chi connectivity index (χ2v) is 9.10. The van der Waals surface area contributed by atoms with E-state index in [9.17, 15) is 18.8 Å². The summed E-state index contributed by atoms with van der Waals surface area (Å²) in [4.78, 5) is 40.2. The van der Waals surface area contributed by atoms with E-state index in [-0.39, 0.29) is 36.2 Å². The Hall–Kier alpha value is -4.21. The second-order valence-electron chi connectivity index (χ2n) is 9.10. The number of halogens is 1. The number of likely N-dealkylation sites (N-methyl/N-ethyl adjacent to an activating group) is 1. The van der Waals surface area contributed by atoms with Gasteiger partial charge < -0.3 is 20.3 Å². The van der Waals surface area contributed by atoms with E-state index in [1.165, 1.54) is 27.8 Å². The topological polar surface area (TPSA) is 106 Å². The summed E-state index contributed by atoms with van der Waals surface area (Å²) in [5.41, 5.74) is 0.902. The van der Waals surface area contributed by atoms with E-state index in [0.717, 1.165) is 16.9 Å². The van der Waals surface area contributed by atoms with E-state index in [1.54, 1.807) is 26.1 Å². The molecule has 3 amide bonds. The summed E-state index contributed by atoms with van der Waals surface area (Å²) in [6, 6.07) is 14.9. The molecule has 1 aromatic heterocycles. The third-order valence-corrected chi connectivity index (χ3v) is 6.52. The zero-order chi connectivity index (χ0) is 26.6. The number of carbonyl (C=O) groups is 3. The fraction of sp³-hybridized carbons (Fsp3) is 0.333. The normalized spacial score (nSPS) is 16.8. The first kappa shape index (κ1) is 25.9. The third kappa shape index (κ3) is 5.63. The molecule has 37 heavy (non-hydrogen) atoms. The van der Waals surface area contributed by atoms with E-state index >= 15 is 0 Å². The molecule has 0 saturated carbocycles. The van der Waals surface area contributed by atoms with Crippen LogP contribution >= 0.6 is 0 Å². The number of nitrogens with one attached hydrogen (secondary N) is 2. The van der Waals surface area contributed by atoms with Crippen LogP contribution in [0.5, 0.6) is 5.75 Å². The highest BCUT2D eigenvalue weighted by Gasteiger charge is 2.46. The average Bonchev–Trinajstić information content (AvgIpc) is 3.32. The largest absolute Gasteiger partial charge is 0.494 e. The molecule has 2 N–H and O–H groups in total. The summed E-state index contributed by atoms with van der Waals surface area (Å²) in [5.74, 6) is -0.751. The van der Waals surface area contributed by atoms with Gasteiger partial charge in [-0.25, -0.2) is 4.39 Å². The van der Waals surface area contributed by atoms with Crippen LogP contribution in [0, 0.1) is 5.82 Å². The lowest BCUT2D eigenvalue weighted by Gasteiger charge is -2.40. The molecule has 1 unspecified atom stereocenters. The number of amides is 3. The van der Waals surface area contributed by atoms with Crippen molar-refractivity contribution in [3.63, 3.8) is 0 Å². The fourth-order valence-electron chi connectivity index (χ4n) is 4.14. The number of nitrogens with zero attached hydrogens (tertiary/aromatic N) is 3. The van der Waals surface area contributed by atoms with Crippen LogP contribution in [0.4, 0.5) is 4.39 Å². The van der Waals surface area contributed by atoms with Gasteiger partial charge in [-0.15, -0.1) is 0 Å². The molecular formula is C27H30FN5O4. The van der Waals surface area contributed by atoms with Crippen molar-refractivity contribution >= 4 is 17.7 Å². The number of hydrogen-bond donors (Lipinski definition) is 2. The Morgan fingerprint density at radius 2 is 1.76 bits per heavy atom. The van der Waals surface area contributed by atoms with Crippen LogP contribution in [-0.2, 0) is 24.3 Å². The van der Waals surface area contributed by atoms with Gasteiger partial charge in [0, 0.05) is 26.2 Å². The molecular weight excluding hydrogens is 477 g/mol. The Morgan fingerprint density at radius 3 is 2.43 bits per heavy atom. The summed E-state index contributed by atoms with van der Waals surface area (Å²) in [6.45, 7) is 4.83. The first-order valence-corrected chi connectivity index (χ1v) is 12.1. The fourth-order valence-corrected chi connectivity index (χ4v) is 4.14. The minimum absolute atomic E-state index is 0.0826. The maximum atomic E-state index is 13.1. The molecule has 1 aliphatic rings. The lowest BCUT2D eigenvalue weighted by molar-refractivity contribution is -0.132. The van der Waals surface area contributed by atoms with Crippen LogP contribution in [-0.4, -0.2) is 58.1 Å². The van der Waals surface area contributed by atoms with Gasteiger partial charge in [0.25, 0.3) is 11.8 Å². The number of benzene rings is 2. The minimum Gasteiger partial charge on any atom is -0.494 e. The molecule has 9 nitrogen and oxygen atoms in total. The predicted octanol–water partition coefficient (Wildman–Crippen LogP) is 2.55. The molecule has 4 rings (SSSR count). The standard InChI is InChI=1S/C27H30FN5O4/c1-4-37-21-11-7-18(8-12-21)13-14-29-24(34)22-15-23-25(35)32(3)27(2,17-33(23)31-22)26(36)30-16-19-5-9-20(28)10-6-19/h5-12,15H,4,13-14,16-17H2,1-3H3,(H,29,34)(H,30,36). The average molecular weight is 508 g/mol. The van der Waals surface area contributed by atoms with Crippen molar-refractivity contribution in [2.45, 2.75) is 38.9 Å². The number of fused-ring (bicyclic) bond motifs is 1. The molecule has 2 heterocycles.